The van der Waals surface area contributed by atoms with Crippen LogP contribution in [0.5, 0.6) is 0 Å². The van der Waals surface area contributed by atoms with Gasteiger partial charge in [0.2, 0.25) is 9.84 Å². The molecule has 276 valence electrons. The van der Waals surface area contributed by atoms with Crippen LogP contribution in [0.25, 0.3) is 21.5 Å². The number of aryl methyl sites for hydroxylation is 1. The number of benzene rings is 5. The summed E-state index contributed by atoms with van der Waals surface area (Å²) in [5.74, 6) is 0. The van der Waals surface area contributed by atoms with E-state index in [1.807, 2.05) is 24.3 Å². The first-order valence-electron chi connectivity index (χ1n) is 19.5. The van der Waals surface area contributed by atoms with Crippen molar-refractivity contribution in [2.75, 3.05) is 11.4 Å². The van der Waals surface area contributed by atoms with Crippen LogP contribution in [0.3, 0.4) is 0 Å². The van der Waals surface area contributed by atoms with Crippen molar-refractivity contribution >= 4 is 37.1 Å². The van der Waals surface area contributed by atoms with Crippen LogP contribution in [-0.4, -0.2) is 15.0 Å². The first kappa shape index (κ1) is 37.4. The first-order chi connectivity index (χ1) is 25.9. The van der Waals surface area contributed by atoms with Gasteiger partial charge in [-0.05, 0) is 112 Å². The summed E-state index contributed by atoms with van der Waals surface area (Å²) >= 11 is 0. The number of hydrogen-bond donors (Lipinski definition) is 0. The van der Waals surface area contributed by atoms with Crippen LogP contribution in [0.4, 0.5) is 5.69 Å². The molecule has 0 saturated heterocycles. The van der Waals surface area contributed by atoms with E-state index >= 15 is 0 Å². The van der Waals surface area contributed by atoms with Crippen molar-refractivity contribution in [3.05, 3.63) is 178 Å². The van der Waals surface area contributed by atoms with Gasteiger partial charge in [-0.15, -0.1) is 0 Å². The van der Waals surface area contributed by atoms with Crippen molar-refractivity contribution in [1.29, 1.82) is 0 Å². The van der Waals surface area contributed by atoms with Crippen LogP contribution in [-0.2, 0) is 20.7 Å². The molecule has 1 aliphatic carbocycles. The third-order valence-corrected chi connectivity index (χ3v) is 13.7. The molecule has 0 atom stereocenters. The molecule has 5 aromatic rings. The van der Waals surface area contributed by atoms with Crippen molar-refractivity contribution in [3.8, 4) is 0 Å². The largest absolute Gasteiger partial charge is 0.344 e. The Morgan fingerprint density at radius 2 is 1.48 bits per heavy atom. The third-order valence-electron chi connectivity index (χ3n) is 11.8. The molecule has 0 spiro atoms. The minimum Gasteiger partial charge on any atom is -0.344 e. The summed E-state index contributed by atoms with van der Waals surface area (Å²) in [4.78, 5) is 3.22. The summed E-state index contributed by atoms with van der Waals surface area (Å²) in [6.45, 7) is 19.0. The van der Waals surface area contributed by atoms with Gasteiger partial charge in [0.15, 0.2) is 0 Å². The lowest BCUT2D eigenvalue weighted by atomic mass is 9.74. The van der Waals surface area contributed by atoms with Gasteiger partial charge in [-0.1, -0.05) is 151 Å². The molecule has 0 unspecified atom stereocenters. The highest BCUT2D eigenvalue weighted by Gasteiger charge is 2.41. The number of anilines is 1. The predicted molar refractivity (Wildman–Crippen MR) is 230 cm³/mol. The summed E-state index contributed by atoms with van der Waals surface area (Å²) in [6.07, 6.45) is 12.8. The van der Waals surface area contributed by atoms with E-state index in [4.69, 9.17) is 0 Å². The van der Waals surface area contributed by atoms with E-state index in [9.17, 15) is 8.42 Å². The molecule has 0 aromatic heterocycles. The van der Waals surface area contributed by atoms with E-state index in [1.54, 1.807) is 12.1 Å². The third kappa shape index (κ3) is 6.60. The lowest BCUT2D eigenvalue weighted by molar-refractivity contribution is 0.600. The lowest BCUT2D eigenvalue weighted by Crippen LogP contribution is -2.27. The van der Waals surface area contributed by atoms with Gasteiger partial charge in [0, 0.05) is 28.8 Å². The fraction of sp³-hybridized carbons (Fsp3) is 0.280. The van der Waals surface area contributed by atoms with E-state index in [2.05, 4.69) is 144 Å². The van der Waals surface area contributed by atoms with E-state index in [-0.39, 0.29) is 10.8 Å². The number of rotatable bonds is 10. The number of sulfone groups is 1. The van der Waals surface area contributed by atoms with Gasteiger partial charge in [0.05, 0.1) is 9.80 Å². The fourth-order valence-electron chi connectivity index (χ4n) is 8.84. The van der Waals surface area contributed by atoms with Crippen LogP contribution >= 0.6 is 0 Å². The molecule has 0 radical (unpaired) electrons. The highest BCUT2D eigenvalue weighted by atomic mass is 32.2. The minimum atomic E-state index is -3.83. The highest BCUT2D eigenvalue weighted by Crippen LogP contribution is 2.51. The highest BCUT2D eigenvalue weighted by molar-refractivity contribution is 7.95. The Bertz CT molecular complexity index is 2490. The number of nitrogens with zero attached hydrogens (tertiary/aromatic N) is 1. The molecule has 0 fully saturated rings. The van der Waals surface area contributed by atoms with Crippen molar-refractivity contribution in [3.63, 3.8) is 0 Å². The molecule has 0 N–H and O–H groups in total. The molecule has 5 aromatic carbocycles. The summed E-state index contributed by atoms with van der Waals surface area (Å²) in [5, 5.41) is 4.94. The van der Waals surface area contributed by atoms with E-state index < -0.39 is 9.84 Å². The Morgan fingerprint density at radius 1 is 0.833 bits per heavy atom. The number of allylic oxidation sites excluding steroid dienone is 8. The standard InChI is InChI=1S/C50H53NO2S/c1-8-9-34-51-44-32-30-38-19-14-16-25-43(38)47(44)50(6,7)45(51)33-31-40-21-17-20-39(48(40)54(52,53)41-22-11-10-12-23-41)29-27-36(3)49(4,5)46-35(2)26-28-37-18-13-15-24-42(37)46/h10-16,18-19,22-33H,3,8-9,17,20-21,34H2,1-2,4-7H3/b29-27+,40-31+,45-33+. The normalized spacial score (nSPS) is 17.7. The molecule has 3 nitrogen and oxygen atoms in total. The van der Waals surface area contributed by atoms with Gasteiger partial charge in [-0.25, -0.2) is 8.42 Å². The molecule has 54 heavy (non-hydrogen) atoms. The molecule has 4 heteroatoms. The zero-order valence-electron chi connectivity index (χ0n) is 32.7. The van der Waals surface area contributed by atoms with Crippen LogP contribution in [0.2, 0.25) is 0 Å². The second-order valence-corrected chi connectivity index (χ2v) is 17.9. The van der Waals surface area contributed by atoms with Crippen LogP contribution < -0.4 is 4.90 Å². The second kappa shape index (κ2) is 14.7. The average Bonchev–Trinajstić information content (AvgIpc) is 3.39. The smallest absolute Gasteiger partial charge is 0.207 e. The number of unbranched alkanes of at least 4 members (excludes halogenated alkanes) is 1. The predicted octanol–water partition coefficient (Wildman–Crippen LogP) is 13.0. The zero-order chi connectivity index (χ0) is 38.3. The van der Waals surface area contributed by atoms with Gasteiger partial charge < -0.3 is 4.90 Å². The van der Waals surface area contributed by atoms with Gasteiger partial charge in [0.1, 0.15) is 0 Å². The monoisotopic (exact) mass is 731 g/mol. The van der Waals surface area contributed by atoms with Crippen LogP contribution in [0, 0.1) is 6.92 Å². The maximum absolute atomic E-state index is 14.7. The molecule has 0 bridgehead atoms. The lowest BCUT2D eigenvalue weighted by Gasteiger charge is -2.30. The Labute approximate surface area is 323 Å². The van der Waals surface area contributed by atoms with Crippen LogP contribution in [0.15, 0.2) is 166 Å². The summed E-state index contributed by atoms with van der Waals surface area (Å²) in [6, 6.07) is 34.9. The van der Waals surface area contributed by atoms with E-state index in [0.29, 0.717) is 22.6 Å². The van der Waals surface area contributed by atoms with Gasteiger partial charge in [-0.2, -0.15) is 0 Å². The molecule has 1 heterocycles. The van der Waals surface area contributed by atoms with Crippen molar-refractivity contribution in [2.45, 2.75) is 89.4 Å². The topological polar surface area (TPSA) is 37.4 Å². The Kier molecular flexibility index (Phi) is 10.2. The number of fused-ring (bicyclic) bond motifs is 4. The average molecular weight is 732 g/mol. The van der Waals surface area contributed by atoms with Crippen molar-refractivity contribution < 1.29 is 8.42 Å². The molecular formula is C50H53NO2S. The number of hydrogen-bond acceptors (Lipinski definition) is 3. The zero-order valence-corrected chi connectivity index (χ0v) is 33.6. The van der Waals surface area contributed by atoms with Crippen LogP contribution in [0.1, 0.15) is 83.4 Å². The second-order valence-electron chi connectivity index (χ2n) is 16.0. The molecule has 0 amide bonds. The van der Waals surface area contributed by atoms with Crippen molar-refractivity contribution in [2.24, 2.45) is 0 Å². The summed E-state index contributed by atoms with van der Waals surface area (Å²) in [7, 11) is -3.83. The summed E-state index contributed by atoms with van der Waals surface area (Å²) < 4.78 is 29.5. The van der Waals surface area contributed by atoms with Gasteiger partial charge in [0.25, 0.3) is 0 Å². The Morgan fingerprint density at radius 3 is 2.20 bits per heavy atom. The van der Waals surface area contributed by atoms with E-state index in [1.165, 1.54) is 49.6 Å². The molecule has 0 saturated carbocycles. The minimum absolute atomic E-state index is 0.274. The Balaban J connectivity index is 1.35. The summed E-state index contributed by atoms with van der Waals surface area (Å²) in [5.41, 5.74) is 8.23. The van der Waals surface area contributed by atoms with E-state index in [0.717, 1.165) is 42.5 Å². The first-order valence-corrected chi connectivity index (χ1v) is 21.0. The SMILES string of the molecule is C=C(/C=C/C1=C(S(=O)(=O)c2ccccc2)C(=C/C=C2/N(CCCC)c3ccc4ccccc4c3C2(C)C)/CCC1)C(C)(C)c1c(C)ccc2ccccc12. The molecular weight excluding hydrogens is 679 g/mol. The fourth-order valence-corrected chi connectivity index (χ4v) is 10.6. The molecule has 7 rings (SSSR count). The quantitative estimate of drug-likeness (QED) is 0.134. The van der Waals surface area contributed by atoms with Crippen molar-refractivity contribution in [1.82, 2.24) is 0 Å². The van der Waals surface area contributed by atoms with Gasteiger partial charge in [-0.3, -0.25) is 0 Å². The maximum atomic E-state index is 14.7. The van der Waals surface area contributed by atoms with Gasteiger partial charge >= 0.3 is 0 Å². The maximum Gasteiger partial charge on any atom is 0.207 e. The molecule has 1 aliphatic heterocycles. The Hall–Kier alpha value is -4.93. The molecule has 2 aliphatic rings.